The first-order valence-electron chi connectivity index (χ1n) is 7.41. The second-order valence-corrected chi connectivity index (χ2v) is 5.50. The van der Waals surface area contributed by atoms with Crippen LogP contribution in [-0.2, 0) is 6.61 Å². The molecule has 1 N–H and O–H groups in total. The summed E-state index contributed by atoms with van der Waals surface area (Å²) < 4.78 is 5.86. The molecule has 1 atom stereocenters. The van der Waals surface area contributed by atoms with Crippen molar-refractivity contribution in [2.45, 2.75) is 46.6 Å². The number of aliphatic hydroxyl groups excluding tert-OH is 1. The first kappa shape index (κ1) is 15.5. The molecule has 2 rings (SSSR count). The van der Waals surface area contributed by atoms with Crippen LogP contribution in [0.4, 0.5) is 0 Å². The van der Waals surface area contributed by atoms with E-state index in [0.717, 1.165) is 29.0 Å². The molecule has 1 heterocycles. The minimum absolute atomic E-state index is 0.0700. The molecule has 0 amide bonds. The van der Waals surface area contributed by atoms with Crippen LogP contribution in [0, 0.1) is 13.8 Å². The van der Waals surface area contributed by atoms with Gasteiger partial charge in [0.25, 0.3) is 0 Å². The van der Waals surface area contributed by atoms with Crippen LogP contribution in [0.3, 0.4) is 0 Å². The monoisotopic (exact) mass is 285 g/mol. The van der Waals surface area contributed by atoms with Crippen molar-refractivity contribution in [2.75, 3.05) is 0 Å². The van der Waals surface area contributed by atoms with E-state index in [2.05, 4.69) is 31.0 Å². The SMILES string of the molecule is CCC(C)c1ccc(Oc2nc(C)cc(C)c2CO)cc1. The number of aliphatic hydroxyl groups is 1. The fourth-order valence-electron chi connectivity index (χ4n) is 2.32. The number of rotatable bonds is 5. The van der Waals surface area contributed by atoms with Crippen molar-refractivity contribution in [3.63, 3.8) is 0 Å². The number of aryl methyl sites for hydroxylation is 2. The minimum Gasteiger partial charge on any atom is -0.439 e. The Balaban J connectivity index is 2.26. The maximum Gasteiger partial charge on any atom is 0.225 e. The third kappa shape index (κ3) is 3.61. The zero-order valence-corrected chi connectivity index (χ0v) is 13.2. The van der Waals surface area contributed by atoms with Gasteiger partial charge < -0.3 is 9.84 Å². The maximum atomic E-state index is 9.50. The summed E-state index contributed by atoms with van der Waals surface area (Å²) in [6.07, 6.45) is 1.12. The van der Waals surface area contributed by atoms with Crippen LogP contribution >= 0.6 is 0 Å². The van der Waals surface area contributed by atoms with Crippen LogP contribution in [-0.4, -0.2) is 10.1 Å². The summed E-state index contributed by atoms with van der Waals surface area (Å²) in [5.74, 6) is 1.78. The molecule has 2 aromatic rings. The summed E-state index contributed by atoms with van der Waals surface area (Å²) in [4.78, 5) is 4.39. The number of benzene rings is 1. The van der Waals surface area contributed by atoms with E-state index >= 15 is 0 Å². The van der Waals surface area contributed by atoms with Gasteiger partial charge in [0, 0.05) is 11.3 Å². The van der Waals surface area contributed by atoms with E-state index < -0.39 is 0 Å². The average molecular weight is 285 g/mol. The molecule has 0 saturated carbocycles. The number of hydrogen-bond acceptors (Lipinski definition) is 3. The quantitative estimate of drug-likeness (QED) is 0.879. The van der Waals surface area contributed by atoms with Crippen molar-refractivity contribution in [1.29, 1.82) is 0 Å². The van der Waals surface area contributed by atoms with E-state index in [-0.39, 0.29) is 6.61 Å². The van der Waals surface area contributed by atoms with E-state index in [4.69, 9.17) is 4.74 Å². The third-order valence-electron chi connectivity index (χ3n) is 3.87. The Labute approximate surface area is 126 Å². The molecule has 0 aliphatic heterocycles. The second kappa shape index (κ2) is 6.72. The predicted molar refractivity (Wildman–Crippen MR) is 84.9 cm³/mol. The lowest BCUT2D eigenvalue weighted by atomic mass is 9.99. The number of hydrogen-bond donors (Lipinski definition) is 1. The highest BCUT2D eigenvalue weighted by molar-refractivity contribution is 5.39. The Bertz CT molecular complexity index is 605. The van der Waals surface area contributed by atoms with Crippen molar-refractivity contribution >= 4 is 0 Å². The van der Waals surface area contributed by atoms with Crippen molar-refractivity contribution in [2.24, 2.45) is 0 Å². The van der Waals surface area contributed by atoms with Gasteiger partial charge in [0.2, 0.25) is 5.88 Å². The molecule has 1 aromatic carbocycles. The molecule has 0 saturated heterocycles. The topological polar surface area (TPSA) is 42.4 Å². The molecule has 1 unspecified atom stereocenters. The highest BCUT2D eigenvalue weighted by Crippen LogP contribution is 2.28. The summed E-state index contributed by atoms with van der Waals surface area (Å²) in [5.41, 5.74) is 3.93. The maximum absolute atomic E-state index is 9.50. The Morgan fingerprint density at radius 1 is 1.19 bits per heavy atom. The first-order chi connectivity index (χ1) is 10.0. The van der Waals surface area contributed by atoms with Crippen LogP contribution in [0.5, 0.6) is 11.6 Å². The van der Waals surface area contributed by atoms with Crippen LogP contribution in [0.15, 0.2) is 30.3 Å². The highest BCUT2D eigenvalue weighted by atomic mass is 16.5. The van der Waals surface area contributed by atoms with Gasteiger partial charge in [0.1, 0.15) is 5.75 Å². The van der Waals surface area contributed by atoms with E-state index in [1.165, 1.54) is 5.56 Å². The molecule has 0 bridgehead atoms. The molecule has 3 heteroatoms. The lowest BCUT2D eigenvalue weighted by molar-refractivity contribution is 0.274. The fourth-order valence-corrected chi connectivity index (χ4v) is 2.32. The smallest absolute Gasteiger partial charge is 0.225 e. The molecule has 21 heavy (non-hydrogen) atoms. The summed E-state index contributed by atoms with van der Waals surface area (Å²) in [6, 6.07) is 10.0. The van der Waals surface area contributed by atoms with E-state index in [9.17, 15) is 5.11 Å². The summed E-state index contributed by atoms with van der Waals surface area (Å²) in [7, 11) is 0. The molecule has 0 spiro atoms. The minimum atomic E-state index is -0.0700. The molecule has 112 valence electrons. The molecular formula is C18H23NO2. The van der Waals surface area contributed by atoms with Gasteiger partial charge in [-0.25, -0.2) is 4.98 Å². The Morgan fingerprint density at radius 2 is 1.86 bits per heavy atom. The Kier molecular flexibility index (Phi) is 4.97. The fraction of sp³-hybridized carbons (Fsp3) is 0.389. The van der Waals surface area contributed by atoms with Crippen molar-refractivity contribution in [3.05, 3.63) is 52.7 Å². The van der Waals surface area contributed by atoms with Crippen LogP contribution in [0.1, 0.15) is 48.6 Å². The molecule has 0 radical (unpaired) electrons. The molecule has 3 nitrogen and oxygen atoms in total. The summed E-state index contributed by atoms with van der Waals surface area (Å²) >= 11 is 0. The first-order valence-corrected chi connectivity index (χ1v) is 7.41. The Morgan fingerprint density at radius 3 is 2.43 bits per heavy atom. The van der Waals surface area contributed by atoms with Crippen molar-refractivity contribution < 1.29 is 9.84 Å². The highest BCUT2D eigenvalue weighted by Gasteiger charge is 2.11. The number of ether oxygens (including phenoxy) is 1. The van der Waals surface area contributed by atoms with Crippen LogP contribution < -0.4 is 4.74 Å². The average Bonchev–Trinajstić information content (AvgIpc) is 2.47. The standard InChI is InChI=1S/C18H23NO2/c1-5-12(2)15-6-8-16(9-7-15)21-18-17(11-20)13(3)10-14(4)19-18/h6-10,12,20H,5,11H2,1-4H3. The number of pyridine rings is 1. The van der Waals surface area contributed by atoms with Crippen LogP contribution in [0.25, 0.3) is 0 Å². The normalized spacial score (nSPS) is 12.2. The third-order valence-corrected chi connectivity index (χ3v) is 3.87. The van der Waals surface area contributed by atoms with Crippen molar-refractivity contribution in [1.82, 2.24) is 4.98 Å². The lowest BCUT2D eigenvalue weighted by Crippen LogP contribution is -2.00. The van der Waals surface area contributed by atoms with Gasteiger partial charge >= 0.3 is 0 Å². The van der Waals surface area contributed by atoms with E-state index in [0.29, 0.717) is 11.8 Å². The largest absolute Gasteiger partial charge is 0.439 e. The number of nitrogens with zero attached hydrogens (tertiary/aromatic N) is 1. The van der Waals surface area contributed by atoms with Gasteiger partial charge in [-0.15, -0.1) is 0 Å². The second-order valence-electron chi connectivity index (χ2n) is 5.50. The summed E-state index contributed by atoms with van der Waals surface area (Å²) in [5, 5.41) is 9.50. The van der Waals surface area contributed by atoms with Crippen LogP contribution in [0.2, 0.25) is 0 Å². The lowest BCUT2D eigenvalue weighted by Gasteiger charge is -2.13. The van der Waals surface area contributed by atoms with Gasteiger partial charge in [-0.1, -0.05) is 26.0 Å². The van der Waals surface area contributed by atoms with Gasteiger partial charge in [0.15, 0.2) is 0 Å². The van der Waals surface area contributed by atoms with Crippen molar-refractivity contribution in [3.8, 4) is 11.6 Å². The molecular weight excluding hydrogens is 262 g/mol. The molecule has 1 aromatic heterocycles. The van der Waals surface area contributed by atoms with Gasteiger partial charge in [0.05, 0.1) is 6.61 Å². The predicted octanol–water partition coefficient (Wildman–Crippen LogP) is 4.50. The zero-order chi connectivity index (χ0) is 15.4. The number of aromatic nitrogens is 1. The molecule has 0 aliphatic rings. The van der Waals surface area contributed by atoms with Gasteiger partial charge in [-0.05, 0) is 55.5 Å². The van der Waals surface area contributed by atoms with E-state index in [1.807, 2.05) is 32.0 Å². The molecule has 0 fully saturated rings. The summed E-state index contributed by atoms with van der Waals surface area (Å²) in [6.45, 7) is 8.21. The van der Waals surface area contributed by atoms with Gasteiger partial charge in [-0.3, -0.25) is 0 Å². The van der Waals surface area contributed by atoms with E-state index in [1.54, 1.807) is 0 Å². The zero-order valence-electron chi connectivity index (χ0n) is 13.2. The Hall–Kier alpha value is -1.87. The van der Waals surface area contributed by atoms with Gasteiger partial charge in [-0.2, -0.15) is 0 Å². The molecule has 0 aliphatic carbocycles.